The molecule has 1 saturated heterocycles. The highest BCUT2D eigenvalue weighted by atomic mass is 32.2. The molecule has 2 aliphatic rings. The summed E-state index contributed by atoms with van der Waals surface area (Å²) in [5, 5.41) is 0.170. The Balaban J connectivity index is 1.80. The molecular formula is C15H14F4OS. The zero-order chi connectivity index (χ0) is 15.2. The van der Waals surface area contributed by atoms with E-state index in [2.05, 4.69) is 0 Å². The molecular weight excluding hydrogens is 304 g/mol. The van der Waals surface area contributed by atoms with Gasteiger partial charge < -0.3 is 0 Å². The Labute approximate surface area is 122 Å². The van der Waals surface area contributed by atoms with Crippen molar-refractivity contribution in [3.05, 3.63) is 46.8 Å². The zero-order valence-electron chi connectivity index (χ0n) is 11.1. The molecule has 1 aromatic carbocycles. The molecule has 0 N–H and O–H groups in total. The maximum absolute atomic E-state index is 13.8. The Kier molecular flexibility index (Phi) is 3.67. The molecule has 21 heavy (non-hydrogen) atoms. The van der Waals surface area contributed by atoms with Crippen LogP contribution in [0.5, 0.6) is 0 Å². The Morgan fingerprint density at radius 3 is 2.62 bits per heavy atom. The molecule has 6 heteroatoms. The Morgan fingerprint density at radius 2 is 2.00 bits per heavy atom. The number of fused-ring (bicyclic) bond motifs is 2. The van der Waals surface area contributed by atoms with Crippen LogP contribution in [-0.2, 0) is 23.4 Å². The second-order valence-electron chi connectivity index (χ2n) is 5.58. The smallest absolute Gasteiger partial charge is 0.259 e. The average molecular weight is 318 g/mol. The summed E-state index contributed by atoms with van der Waals surface area (Å²) >= 11 is 0. The first kappa shape index (κ1) is 14.8. The van der Waals surface area contributed by atoms with Crippen LogP contribution in [0.4, 0.5) is 17.6 Å². The van der Waals surface area contributed by atoms with E-state index >= 15 is 0 Å². The molecule has 1 aromatic rings. The summed E-state index contributed by atoms with van der Waals surface area (Å²) in [5.74, 6) is -0.829. The highest BCUT2D eigenvalue weighted by Crippen LogP contribution is 2.36. The third kappa shape index (κ3) is 2.91. The lowest BCUT2D eigenvalue weighted by Gasteiger charge is -2.19. The van der Waals surface area contributed by atoms with Gasteiger partial charge in [0.05, 0.1) is 10.8 Å². The van der Waals surface area contributed by atoms with Crippen molar-refractivity contribution in [2.45, 2.75) is 42.4 Å². The molecule has 0 aliphatic carbocycles. The van der Waals surface area contributed by atoms with Gasteiger partial charge in [0.2, 0.25) is 0 Å². The van der Waals surface area contributed by atoms with Crippen molar-refractivity contribution in [2.24, 2.45) is 0 Å². The molecule has 0 spiro atoms. The summed E-state index contributed by atoms with van der Waals surface area (Å²) in [7, 11) is -0.837. The lowest BCUT2D eigenvalue weighted by Crippen LogP contribution is -2.21. The van der Waals surface area contributed by atoms with Crippen molar-refractivity contribution < 1.29 is 21.8 Å². The van der Waals surface area contributed by atoms with Gasteiger partial charge in [-0.2, -0.15) is 13.2 Å². The molecule has 0 radical (unpaired) electrons. The highest BCUT2D eigenvalue weighted by molar-refractivity contribution is 7.86. The first-order valence-corrected chi connectivity index (χ1v) is 8.07. The fourth-order valence-corrected chi connectivity index (χ4v) is 4.97. The molecule has 0 amide bonds. The van der Waals surface area contributed by atoms with E-state index in [-0.39, 0.29) is 16.1 Å². The van der Waals surface area contributed by atoms with Gasteiger partial charge in [-0.25, -0.2) is 4.39 Å². The number of allylic oxidation sites excluding steroid dienone is 1. The second kappa shape index (κ2) is 5.23. The summed E-state index contributed by atoms with van der Waals surface area (Å²) in [4.78, 5) is 0. The van der Waals surface area contributed by atoms with Crippen LogP contribution >= 0.6 is 0 Å². The van der Waals surface area contributed by atoms with Crippen LogP contribution in [0.1, 0.15) is 30.4 Å². The molecule has 3 rings (SSSR count). The maximum Gasteiger partial charge on any atom is 0.416 e. The second-order valence-corrected chi connectivity index (χ2v) is 7.51. The monoisotopic (exact) mass is 318 g/mol. The molecule has 114 valence electrons. The molecule has 2 aliphatic heterocycles. The Bertz CT molecular complexity index is 621. The van der Waals surface area contributed by atoms with E-state index in [0.29, 0.717) is 18.9 Å². The normalized spacial score (nSPS) is 28.6. The third-order valence-corrected chi connectivity index (χ3v) is 6.14. The summed E-state index contributed by atoms with van der Waals surface area (Å²) in [5.41, 5.74) is 0.282. The van der Waals surface area contributed by atoms with Crippen LogP contribution in [0.2, 0.25) is 0 Å². The van der Waals surface area contributed by atoms with Crippen molar-refractivity contribution in [2.75, 3.05) is 0 Å². The number of alkyl halides is 3. The summed E-state index contributed by atoms with van der Waals surface area (Å²) in [6.07, 6.45) is 0.150. The van der Waals surface area contributed by atoms with Crippen molar-refractivity contribution >= 4 is 10.8 Å². The predicted octanol–water partition coefficient (Wildman–Crippen LogP) is 4.00. The number of rotatable bonds is 2. The van der Waals surface area contributed by atoms with E-state index in [9.17, 15) is 21.8 Å². The number of hydrogen-bond donors (Lipinski definition) is 0. The lowest BCUT2D eigenvalue weighted by molar-refractivity contribution is -0.137. The van der Waals surface area contributed by atoms with Crippen molar-refractivity contribution in [3.8, 4) is 0 Å². The highest BCUT2D eigenvalue weighted by Gasteiger charge is 2.36. The largest absolute Gasteiger partial charge is 0.416 e. The van der Waals surface area contributed by atoms with E-state index in [1.165, 1.54) is 6.07 Å². The van der Waals surface area contributed by atoms with E-state index < -0.39 is 28.4 Å². The summed E-state index contributed by atoms with van der Waals surface area (Å²) < 4.78 is 63.2. The van der Waals surface area contributed by atoms with Crippen molar-refractivity contribution in [1.29, 1.82) is 0 Å². The molecule has 0 saturated carbocycles. The standard InChI is InChI=1S/C15H14F4OS/c16-14-8-11(15(17,18)19)2-1-10(14)5-9-6-12-3-4-13(7-9)21(12)20/h1-2,6,8,12-13H,3-5,7H2. The molecule has 3 unspecified atom stereocenters. The van der Waals surface area contributed by atoms with Gasteiger partial charge in [0, 0.05) is 16.0 Å². The number of benzene rings is 1. The SMILES string of the molecule is O=S1C2C=C(Cc3ccc(C(F)(F)F)cc3F)CC1CC2. The predicted molar refractivity (Wildman–Crippen MR) is 72.8 cm³/mol. The van der Waals surface area contributed by atoms with Crippen LogP contribution in [0.25, 0.3) is 0 Å². The van der Waals surface area contributed by atoms with Crippen molar-refractivity contribution in [3.63, 3.8) is 0 Å². The van der Waals surface area contributed by atoms with Gasteiger partial charge in [-0.1, -0.05) is 17.7 Å². The average Bonchev–Trinajstić information content (AvgIpc) is 2.62. The molecule has 1 fully saturated rings. The molecule has 3 atom stereocenters. The van der Waals surface area contributed by atoms with Crippen LogP contribution in [0.3, 0.4) is 0 Å². The lowest BCUT2D eigenvalue weighted by atomic mass is 9.99. The van der Waals surface area contributed by atoms with Crippen molar-refractivity contribution in [1.82, 2.24) is 0 Å². The first-order chi connectivity index (χ1) is 9.84. The summed E-state index contributed by atoms with van der Waals surface area (Å²) in [6, 6.07) is 2.66. The van der Waals surface area contributed by atoms with E-state index in [1.54, 1.807) is 0 Å². The molecule has 1 nitrogen and oxygen atoms in total. The van der Waals surface area contributed by atoms with Crippen LogP contribution < -0.4 is 0 Å². The minimum Gasteiger partial charge on any atom is -0.259 e. The van der Waals surface area contributed by atoms with Gasteiger partial charge in [0.1, 0.15) is 5.82 Å². The van der Waals surface area contributed by atoms with Crippen LogP contribution in [0, 0.1) is 5.82 Å². The third-order valence-electron chi connectivity index (χ3n) is 4.11. The maximum atomic E-state index is 13.8. The van der Waals surface area contributed by atoms with Gasteiger partial charge in [0.25, 0.3) is 0 Å². The van der Waals surface area contributed by atoms with Gasteiger partial charge in [-0.3, -0.25) is 4.21 Å². The topological polar surface area (TPSA) is 17.1 Å². The van der Waals surface area contributed by atoms with E-state index in [4.69, 9.17) is 0 Å². The van der Waals surface area contributed by atoms with Gasteiger partial charge in [-0.05, 0) is 43.4 Å². The molecule has 0 aromatic heterocycles. The first-order valence-electron chi connectivity index (χ1n) is 6.79. The molecule has 2 bridgehead atoms. The zero-order valence-corrected chi connectivity index (χ0v) is 11.9. The van der Waals surface area contributed by atoms with Crippen LogP contribution in [-0.4, -0.2) is 14.7 Å². The quantitative estimate of drug-likeness (QED) is 0.595. The number of hydrogen-bond acceptors (Lipinski definition) is 1. The fourth-order valence-electron chi connectivity index (χ4n) is 3.03. The minimum absolute atomic E-state index is 0.0382. The summed E-state index contributed by atoms with van der Waals surface area (Å²) in [6.45, 7) is 0. The number of halogens is 4. The van der Waals surface area contributed by atoms with E-state index in [1.807, 2.05) is 6.08 Å². The fraction of sp³-hybridized carbons (Fsp3) is 0.467. The van der Waals surface area contributed by atoms with Gasteiger partial charge in [-0.15, -0.1) is 0 Å². The Morgan fingerprint density at radius 1 is 1.24 bits per heavy atom. The molecule has 2 heterocycles. The van der Waals surface area contributed by atoms with Crippen LogP contribution in [0.15, 0.2) is 29.8 Å². The van der Waals surface area contributed by atoms with Gasteiger partial charge in [0.15, 0.2) is 0 Å². The van der Waals surface area contributed by atoms with Gasteiger partial charge >= 0.3 is 6.18 Å². The minimum atomic E-state index is -4.53. The van der Waals surface area contributed by atoms with E-state index in [0.717, 1.165) is 24.5 Å². The Hall–Kier alpha value is -1.17.